The number of carboxylic acid groups (broad SMARTS) is 3. The third-order valence-corrected chi connectivity index (χ3v) is 14.5. The summed E-state index contributed by atoms with van der Waals surface area (Å²) in [5.74, 6) is -21.1. The lowest BCUT2D eigenvalue weighted by Crippen LogP contribution is -2.61. The highest BCUT2D eigenvalue weighted by molar-refractivity contribution is 6.01. The van der Waals surface area contributed by atoms with Crippen LogP contribution in [-0.4, -0.2) is 236 Å². The fourth-order valence-corrected chi connectivity index (χ4v) is 8.70. The molecule has 98 heavy (non-hydrogen) atoms. The molecule has 13 amide bonds. The number of guanidine groups is 2. The first kappa shape index (κ1) is 87.9. The SMILES string of the molecule is CC[C@H](C)[C@H](NC(=O)[C@H](CCCN=C(N)N)NC(=O)[C@@H](N)[C@@H](C)O)C(=O)N[C@@H](CC(=O)O)C(=O)N[C@@H](CCC(=O)O)C(=O)N[C@@H](C)C(=O)N[C@@H](CC(N)=O)C(=O)N[C@@H](CCC(N)=O)C(=O)N[C@@H](CCCN=C(N)N)C(=O)N[C@@H](C)C(=O)N[C@H](C(=O)N[C@@H](CCCCN)C(=O)O)[C@@H](C)O. The zero-order valence-corrected chi connectivity index (χ0v) is 55.5. The van der Waals surface area contributed by atoms with E-state index in [0.29, 0.717) is 12.8 Å². The summed E-state index contributed by atoms with van der Waals surface area (Å²) in [6.07, 6.45) is -7.52. The minimum atomic E-state index is -2.06. The van der Waals surface area contributed by atoms with E-state index < -0.39 is 224 Å². The summed E-state index contributed by atoms with van der Waals surface area (Å²) in [7, 11) is 0. The Bertz CT molecular complexity index is 2840. The molecule has 0 aromatic carbocycles. The van der Waals surface area contributed by atoms with Gasteiger partial charge in [0.1, 0.15) is 72.5 Å². The monoisotopic (exact) mass is 1400 g/mol. The Morgan fingerprint density at radius 3 is 1.15 bits per heavy atom. The van der Waals surface area contributed by atoms with Gasteiger partial charge in [0.2, 0.25) is 76.8 Å². The summed E-state index contributed by atoms with van der Waals surface area (Å²) in [5.41, 5.74) is 43.6. The third kappa shape index (κ3) is 35.1. The number of nitrogens with one attached hydrogen (secondary N) is 11. The maximum absolute atomic E-state index is 14.1. The Morgan fingerprint density at radius 1 is 0.378 bits per heavy atom. The zero-order chi connectivity index (χ0) is 75.3. The standard InChI is InChI=1S/C56H99N21O21/c1-7-24(2)41(76-48(91)30(14-11-21-66-56(63)64)72-51(94)40(60)27(5)78)52(95)75-35(23-39(84)85)50(93)71-32(16-18-38(82)83)46(89)67-25(3)43(86)74-34(22-37(59)81)49(92)70-31(15-17-36(58)80)47(90)69-29(13-10-20-65-55(61)62)45(88)68-26(4)44(87)77-42(28(6)79)53(96)73-33(54(97)98)12-8-9-19-57/h24-35,40-42,78-79H,7-23,57,60H2,1-6H3,(H2,58,80)(H2,59,81)(H,67,89)(H,68,88)(H,69,90)(H,70,92)(H,71,93)(H,72,94)(H,73,96)(H,74,86)(H,75,95)(H,76,91)(H,77,87)(H,82,83)(H,84,85)(H,97,98)(H4,61,62,65)(H4,63,64,66)/t24-,25-,26-,27+,28+,29-,30-,31-,32-,33-,34-,35-,40-,41-,42-/m0/s1. The van der Waals surface area contributed by atoms with Crippen LogP contribution in [0.25, 0.3) is 0 Å². The fraction of sp³-hybridized carbons (Fsp3) is 0.679. The highest BCUT2D eigenvalue weighted by Gasteiger charge is 2.38. The first-order valence-corrected chi connectivity index (χ1v) is 31.2. The molecule has 554 valence electrons. The number of carboxylic acids is 3. The molecule has 0 aromatic heterocycles. The van der Waals surface area contributed by atoms with Crippen molar-refractivity contribution in [3.05, 3.63) is 0 Å². The number of aliphatic hydroxyl groups is 2. The van der Waals surface area contributed by atoms with Crippen LogP contribution in [0.15, 0.2) is 9.98 Å². The van der Waals surface area contributed by atoms with E-state index in [9.17, 15) is 102 Å². The Morgan fingerprint density at radius 2 is 0.745 bits per heavy atom. The average Bonchev–Trinajstić information content (AvgIpc) is 0.882. The zero-order valence-electron chi connectivity index (χ0n) is 55.5. The number of unbranched alkanes of at least 4 members (excludes halogenated alkanes) is 1. The van der Waals surface area contributed by atoms with Crippen LogP contribution in [0.3, 0.4) is 0 Å². The summed E-state index contributed by atoms with van der Waals surface area (Å²) in [6, 6.07) is -20.5. The van der Waals surface area contributed by atoms with E-state index in [2.05, 4.69) is 68.5 Å². The molecule has 0 fully saturated rings. The molecule has 0 heterocycles. The largest absolute Gasteiger partial charge is 0.481 e. The van der Waals surface area contributed by atoms with E-state index >= 15 is 0 Å². The molecule has 0 aromatic rings. The summed E-state index contributed by atoms with van der Waals surface area (Å²) in [6.45, 7) is 7.71. The van der Waals surface area contributed by atoms with Gasteiger partial charge in [-0.1, -0.05) is 20.3 Å². The van der Waals surface area contributed by atoms with Gasteiger partial charge in [0.05, 0.1) is 25.0 Å². The predicted octanol–water partition coefficient (Wildman–Crippen LogP) is -10.7. The first-order valence-electron chi connectivity index (χ1n) is 31.2. The summed E-state index contributed by atoms with van der Waals surface area (Å²) < 4.78 is 0. The number of aliphatic carboxylic acids is 3. The summed E-state index contributed by atoms with van der Waals surface area (Å²) in [5, 5.41) is 74.3. The number of nitrogens with two attached hydrogens (primary N) is 8. The van der Waals surface area contributed by atoms with Crippen molar-refractivity contribution in [2.75, 3.05) is 19.6 Å². The van der Waals surface area contributed by atoms with E-state index in [4.69, 9.17) is 45.9 Å². The smallest absolute Gasteiger partial charge is 0.326 e. The van der Waals surface area contributed by atoms with E-state index in [1.54, 1.807) is 6.92 Å². The van der Waals surface area contributed by atoms with Crippen molar-refractivity contribution in [1.82, 2.24) is 58.5 Å². The highest BCUT2D eigenvalue weighted by atomic mass is 16.4. The second-order valence-electron chi connectivity index (χ2n) is 23.0. The van der Waals surface area contributed by atoms with Gasteiger partial charge < -0.3 is 130 Å². The number of nitrogens with zero attached hydrogens (tertiary/aromatic N) is 2. The summed E-state index contributed by atoms with van der Waals surface area (Å²) in [4.78, 5) is 219. The van der Waals surface area contributed by atoms with Crippen molar-refractivity contribution >= 4 is 107 Å². The van der Waals surface area contributed by atoms with Gasteiger partial charge in [0, 0.05) is 25.9 Å². The fourth-order valence-electron chi connectivity index (χ4n) is 8.70. The minimum Gasteiger partial charge on any atom is -0.481 e. The van der Waals surface area contributed by atoms with Crippen molar-refractivity contribution in [3.63, 3.8) is 0 Å². The molecule has 0 aliphatic rings. The maximum Gasteiger partial charge on any atom is 0.326 e. The molecule has 32 N–H and O–H groups in total. The van der Waals surface area contributed by atoms with E-state index in [-0.39, 0.29) is 70.1 Å². The van der Waals surface area contributed by atoms with Gasteiger partial charge in [-0.15, -0.1) is 0 Å². The van der Waals surface area contributed by atoms with Crippen LogP contribution in [0.2, 0.25) is 0 Å². The van der Waals surface area contributed by atoms with Gasteiger partial charge in [-0.3, -0.25) is 81.9 Å². The van der Waals surface area contributed by atoms with Crippen molar-refractivity contribution < 1.29 is 102 Å². The highest BCUT2D eigenvalue weighted by Crippen LogP contribution is 2.13. The average molecular weight is 1400 g/mol. The van der Waals surface area contributed by atoms with Gasteiger partial charge in [0.15, 0.2) is 11.9 Å². The van der Waals surface area contributed by atoms with E-state index in [1.807, 2.05) is 0 Å². The van der Waals surface area contributed by atoms with Gasteiger partial charge >= 0.3 is 17.9 Å². The Hall–Kier alpha value is -10.1. The van der Waals surface area contributed by atoms with Crippen LogP contribution in [-0.2, 0) is 76.7 Å². The molecule has 0 saturated carbocycles. The lowest BCUT2D eigenvalue weighted by atomic mass is 9.96. The topological polar surface area (TPSA) is 739 Å². The molecular formula is C56H99N21O21. The number of aliphatic imine (C=N–C) groups is 2. The van der Waals surface area contributed by atoms with E-state index in [1.165, 1.54) is 13.8 Å². The number of carbonyl (C=O) groups is 16. The molecule has 42 nitrogen and oxygen atoms in total. The predicted molar refractivity (Wildman–Crippen MR) is 345 cm³/mol. The molecule has 0 aliphatic carbocycles. The maximum atomic E-state index is 14.1. The molecule has 0 bridgehead atoms. The van der Waals surface area contributed by atoms with Gasteiger partial charge in [-0.05, 0) is 97.9 Å². The molecule has 15 atom stereocenters. The number of amides is 13. The Balaban J connectivity index is 6.87. The second kappa shape index (κ2) is 45.4. The quantitative estimate of drug-likeness (QED) is 0.0153. The van der Waals surface area contributed by atoms with Crippen molar-refractivity contribution in [1.29, 1.82) is 0 Å². The van der Waals surface area contributed by atoms with Crippen LogP contribution < -0.4 is 104 Å². The second-order valence-corrected chi connectivity index (χ2v) is 23.0. The molecule has 42 heteroatoms. The van der Waals surface area contributed by atoms with Crippen LogP contribution in [0, 0.1) is 5.92 Å². The van der Waals surface area contributed by atoms with Crippen LogP contribution in [0.4, 0.5) is 0 Å². The normalized spacial score (nSPS) is 15.5. The molecule has 0 spiro atoms. The summed E-state index contributed by atoms with van der Waals surface area (Å²) >= 11 is 0. The lowest BCUT2D eigenvalue weighted by molar-refractivity contribution is -0.143. The van der Waals surface area contributed by atoms with Gasteiger partial charge in [0.25, 0.3) is 0 Å². The number of primary amides is 2. The molecule has 0 rings (SSSR count). The van der Waals surface area contributed by atoms with Crippen LogP contribution >= 0.6 is 0 Å². The van der Waals surface area contributed by atoms with Crippen LogP contribution in [0.1, 0.15) is 131 Å². The van der Waals surface area contributed by atoms with Gasteiger partial charge in [-0.2, -0.15) is 0 Å². The first-order chi connectivity index (χ1) is 45.7. The number of hydrogen-bond acceptors (Lipinski definition) is 22. The van der Waals surface area contributed by atoms with Crippen molar-refractivity contribution in [2.45, 2.75) is 216 Å². The number of rotatable bonds is 49. The molecule has 0 radical (unpaired) electrons. The number of carbonyl (C=O) groups excluding carboxylic acids is 13. The molecule has 0 saturated heterocycles. The van der Waals surface area contributed by atoms with Crippen LogP contribution in [0.5, 0.6) is 0 Å². The molecular weight excluding hydrogens is 1300 g/mol. The third-order valence-electron chi connectivity index (χ3n) is 14.5. The van der Waals surface area contributed by atoms with Crippen molar-refractivity contribution in [2.24, 2.45) is 61.8 Å². The van der Waals surface area contributed by atoms with E-state index in [0.717, 1.165) is 20.8 Å². The molecule has 0 aliphatic heterocycles. The van der Waals surface area contributed by atoms with Crippen molar-refractivity contribution in [3.8, 4) is 0 Å². The number of hydrogen-bond donors (Lipinski definition) is 24. The minimum absolute atomic E-state index is 0.0120. The lowest BCUT2D eigenvalue weighted by Gasteiger charge is -2.29. The van der Waals surface area contributed by atoms with Gasteiger partial charge in [-0.25, -0.2) is 4.79 Å². The Labute approximate surface area is 563 Å². The Kier molecular flexibility index (Phi) is 40.7. The number of aliphatic hydroxyl groups excluding tert-OH is 2. The molecule has 0 unspecified atom stereocenters.